The minimum Gasteiger partial charge on any atom is -0.459 e. The number of hydrogen-bond donors (Lipinski definition) is 1. The highest BCUT2D eigenvalue weighted by Gasteiger charge is 2.37. The zero-order valence-electron chi connectivity index (χ0n) is 13.3. The molecule has 1 fully saturated rings. The summed E-state index contributed by atoms with van der Waals surface area (Å²) in [7, 11) is 0. The molecule has 0 aliphatic carbocycles. The Bertz CT molecular complexity index is 694. The third-order valence-electron chi connectivity index (χ3n) is 3.66. The molecule has 0 radical (unpaired) electrons. The van der Waals surface area contributed by atoms with Crippen LogP contribution in [0.3, 0.4) is 0 Å². The molecule has 2 rings (SSSR count). The highest BCUT2D eigenvalue weighted by molar-refractivity contribution is 6.42. The molecule has 1 aromatic heterocycles. The van der Waals surface area contributed by atoms with Crippen molar-refractivity contribution >= 4 is 46.6 Å². The molecule has 1 N–H and O–H groups in total. The van der Waals surface area contributed by atoms with Crippen molar-refractivity contribution in [1.29, 1.82) is 0 Å². The quantitative estimate of drug-likeness (QED) is 0.274. The topological polar surface area (TPSA) is 115 Å². The number of carbonyl (C=O) groups excluding carboxylic acids is 2. The monoisotopic (exact) mass is 390 g/mol. The number of rotatable bonds is 4. The number of carbonyl (C=O) groups is 2. The summed E-state index contributed by atoms with van der Waals surface area (Å²) in [6.07, 6.45) is 0.981. The zero-order chi connectivity index (χ0) is 18.6. The van der Waals surface area contributed by atoms with Gasteiger partial charge in [0.05, 0.1) is 16.6 Å². The van der Waals surface area contributed by atoms with E-state index in [2.05, 4.69) is 10.3 Å². The molecule has 11 heteroatoms. The van der Waals surface area contributed by atoms with Crippen molar-refractivity contribution in [3.8, 4) is 0 Å². The van der Waals surface area contributed by atoms with Gasteiger partial charge in [-0.05, 0) is 32.9 Å². The maximum Gasteiger partial charge on any atom is 0.397 e. The maximum atomic E-state index is 12.6. The van der Waals surface area contributed by atoms with E-state index in [9.17, 15) is 19.7 Å². The first-order valence-corrected chi connectivity index (χ1v) is 8.33. The van der Waals surface area contributed by atoms with Crippen LogP contribution in [0.4, 0.5) is 11.5 Å². The van der Waals surface area contributed by atoms with Crippen LogP contribution in [0, 0.1) is 10.1 Å². The molecule has 0 atom stereocenters. The number of hydrogen-bond acceptors (Lipinski definition) is 7. The Hall–Kier alpha value is -1.97. The molecule has 136 valence electrons. The largest absolute Gasteiger partial charge is 0.459 e. The molecule has 1 aliphatic heterocycles. The second kappa shape index (κ2) is 8.41. The molecule has 1 aliphatic rings. The number of esters is 1. The summed E-state index contributed by atoms with van der Waals surface area (Å²) >= 11 is 11.7. The number of pyridine rings is 1. The van der Waals surface area contributed by atoms with Crippen LogP contribution < -0.4 is 10.2 Å². The number of aromatic nitrogens is 1. The summed E-state index contributed by atoms with van der Waals surface area (Å²) in [4.78, 5) is 40.1. The van der Waals surface area contributed by atoms with Crippen LogP contribution in [0.25, 0.3) is 0 Å². The van der Waals surface area contributed by atoms with Gasteiger partial charge in [-0.2, -0.15) is 0 Å². The Morgan fingerprint density at radius 1 is 1.44 bits per heavy atom. The van der Waals surface area contributed by atoms with Crippen molar-refractivity contribution in [3.63, 3.8) is 0 Å². The van der Waals surface area contributed by atoms with Crippen LogP contribution in [-0.2, 0) is 14.3 Å². The van der Waals surface area contributed by atoms with Crippen molar-refractivity contribution in [1.82, 2.24) is 10.3 Å². The van der Waals surface area contributed by atoms with Gasteiger partial charge in [-0.15, -0.1) is 0 Å². The van der Waals surface area contributed by atoms with Crippen molar-refractivity contribution in [2.45, 2.75) is 25.8 Å². The first kappa shape index (κ1) is 19.4. The number of amides is 1. The zero-order valence-corrected chi connectivity index (χ0v) is 14.8. The fourth-order valence-electron chi connectivity index (χ4n) is 2.55. The van der Waals surface area contributed by atoms with Gasteiger partial charge in [0, 0.05) is 12.1 Å². The van der Waals surface area contributed by atoms with Crippen LogP contribution in [0.2, 0.25) is 10.2 Å². The number of halogens is 2. The van der Waals surface area contributed by atoms with Gasteiger partial charge in [-0.3, -0.25) is 19.8 Å². The maximum absolute atomic E-state index is 12.6. The molecule has 0 aromatic carbocycles. The standard InChI is InChI=1S/C14H16Cl2N4O5/c1-2-25-14(22)13(21)19(8-3-5-17-6-4-8)12-10(20(23)24)7-9(15)11(16)18-12/h7-8,17H,2-6H2,1H3. The number of ether oxygens (including phenoxy) is 1. The summed E-state index contributed by atoms with van der Waals surface area (Å²) in [5, 5.41) is 14.2. The van der Waals surface area contributed by atoms with Crippen molar-refractivity contribution in [2.75, 3.05) is 24.6 Å². The lowest BCUT2D eigenvalue weighted by molar-refractivity contribution is -0.384. The molecule has 1 amide bonds. The number of nitro groups is 1. The molecular weight excluding hydrogens is 375 g/mol. The molecule has 1 saturated heterocycles. The number of nitrogens with one attached hydrogen (secondary N) is 1. The van der Waals surface area contributed by atoms with Crippen molar-refractivity contribution in [2.24, 2.45) is 0 Å². The third-order valence-corrected chi connectivity index (χ3v) is 4.33. The normalized spacial score (nSPS) is 14.8. The van der Waals surface area contributed by atoms with E-state index in [1.165, 1.54) is 0 Å². The number of anilines is 1. The Morgan fingerprint density at radius 2 is 2.08 bits per heavy atom. The van der Waals surface area contributed by atoms with E-state index in [-0.39, 0.29) is 22.6 Å². The highest BCUT2D eigenvalue weighted by Crippen LogP contribution is 2.35. The SMILES string of the molecule is CCOC(=O)C(=O)N(c1nc(Cl)c(Cl)cc1[N+](=O)[O-])C1CCNCC1. The van der Waals surface area contributed by atoms with Crippen LogP contribution in [0.15, 0.2) is 6.07 Å². The second-order valence-corrected chi connectivity index (χ2v) is 6.00. The van der Waals surface area contributed by atoms with E-state index in [1.807, 2.05) is 0 Å². The smallest absolute Gasteiger partial charge is 0.397 e. The molecule has 0 unspecified atom stereocenters. The minimum absolute atomic E-state index is 0.00152. The summed E-state index contributed by atoms with van der Waals surface area (Å²) < 4.78 is 4.75. The van der Waals surface area contributed by atoms with Crippen LogP contribution >= 0.6 is 23.2 Å². The summed E-state index contributed by atoms with van der Waals surface area (Å²) in [6, 6.07) is 0.556. The average Bonchev–Trinajstić information content (AvgIpc) is 2.58. The van der Waals surface area contributed by atoms with Gasteiger partial charge in [-0.1, -0.05) is 23.2 Å². The Labute approximate surface area is 153 Å². The van der Waals surface area contributed by atoms with E-state index in [4.69, 9.17) is 27.9 Å². The minimum atomic E-state index is -1.11. The third kappa shape index (κ3) is 4.36. The molecule has 0 bridgehead atoms. The van der Waals surface area contributed by atoms with Crippen LogP contribution in [-0.4, -0.2) is 47.5 Å². The van der Waals surface area contributed by atoms with E-state index in [0.717, 1.165) is 11.0 Å². The lowest BCUT2D eigenvalue weighted by atomic mass is 10.0. The number of nitrogens with zero attached hydrogens (tertiary/aromatic N) is 3. The van der Waals surface area contributed by atoms with E-state index in [1.54, 1.807) is 6.92 Å². The molecular formula is C14H16Cl2N4O5. The highest BCUT2D eigenvalue weighted by atomic mass is 35.5. The molecule has 25 heavy (non-hydrogen) atoms. The predicted octanol–water partition coefficient (Wildman–Crippen LogP) is 1.94. The Morgan fingerprint density at radius 3 is 2.64 bits per heavy atom. The van der Waals surface area contributed by atoms with Crippen molar-refractivity contribution < 1.29 is 19.2 Å². The molecule has 2 heterocycles. The average molecular weight is 391 g/mol. The molecule has 9 nitrogen and oxygen atoms in total. The second-order valence-electron chi connectivity index (χ2n) is 5.24. The fraction of sp³-hybridized carbons (Fsp3) is 0.500. The Kier molecular flexibility index (Phi) is 6.51. The van der Waals surface area contributed by atoms with E-state index >= 15 is 0 Å². The van der Waals surface area contributed by atoms with Gasteiger partial charge in [0.1, 0.15) is 0 Å². The van der Waals surface area contributed by atoms with E-state index in [0.29, 0.717) is 25.9 Å². The summed E-state index contributed by atoms with van der Waals surface area (Å²) in [6.45, 7) is 2.74. The van der Waals surface area contributed by atoms with Gasteiger partial charge >= 0.3 is 17.6 Å². The number of piperidine rings is 1. The molecule has 0 spiro atoms. The fourth-order valence-corrected chi connectivity index (χ4v) is 2.83. The van der Waals surface area contributed by atoms with Gasteiger partial charge in [0.15, 0.2) is 5.15 Å². The lowest BCUT2D eigenvalue weighted by Gasteiger charge is -2.32. The lowest BCUT2D eigenvalue weighted by Crippen LogP contribution is -2.49. The summed E-state index contributed by atoms with van der Waals surface area (Å²) in [5.41, 5.74) is -0.509. The van der Waals surface area contributed by atoms with Gasteiger partial charge < -0.3 is 10.1 Å². The van der Waals surface area contributed by atoms with Gasteiger partial charge in [0.25, 0.3) is 0 Å². The van der Waals surface area contributed by atoms with Crippen LogP contribution in [0.5, 0.6) is 0 Å². The first-order valence-electron chi connectivity index (χ1n) is 7.58. The van der Waals surface area contributed by atoms with Gasteiger partial charge in [0.2, 0.25) is 5.82 Å². The van der Waals surface area contributed by atoms with Crippen molar-refractivity contribution in [3.05, 3.63) is 26.4 Å². The molecule has 1 aromatic rings. The molecule has 0 saturated carbocycles. The van der Waals surface area contributed by atoms with Gasteiger partial charge in [-0.25, -0.2) is 9.78 Å². The summed E-state index contributed by atoms with van der Waals surface area (Å²) in [5.74, 6) is -2.45. The first-order chi connectivity index (χ1) is 11.9. The van der Waals surface area contributed by atoms with Crippen LogP contribution in [0.1, 0.15) is 19.8 Å². The Balaban J connectivity index is 2.54. The predicted molar refractivity (Wildman–Crippen MR) is 90.9 cm³/mol. The van der Waals surface area contributed by atoms with E-state index < -0.39 is 28.5 Å².